The first-order chi connectivity index (χ1) is 7.66. The molecule has 1 aromatic rings. The number of rotatable bonds is 1. The highest BCUT2D eigenvalue weighted by Gasteiger charge is 2.28. The van der Waals surface area contributed by atoms with Gasteiger partial charge in [-0.25, -0.2) is 9.78 Å². The number of urea groups is 1. The van der Waals surface area contributed by atoms with E-state index in [1.165, 1.54) is 6.08 Å². The standard InChI is InChI=1S/C10H7N3O3/c14-8-7(9(15)13-10(16)12-8)5-6-3-1-2-4-11-6/h1-5H,(H2,12,13,14,15,16)/p+1. The Kier molecular flexibility index (Phi) is 2.47. The summed E-state index contributed by atoms with van der Waals surface area (Å²) >= 11 is 0. The van der Waals surface area contributed by atoms with Crippen molar-refractivity contribution < 1.29 is 19.4 Å². The predicted molar refractivity (Wildman–Crippen MR) is 52.7 cm³/mol. The average molecular weight is 218 g/mol. The van der Waals surface area contributed by atoms with Crippen LogP contribution in [0.5, 0.6) is 0 Å². The number of hydrogen-bond acceptors (Lipinski definition) is 3. The zero-order valence-corrected chi connectivity index (χ0v) is 8.11. The van der Waals surface area contributed by atoms with Crippen LogP contribution in [0.4, 0.5) is 4.79 Å². The van der Waals surface area contributed by atoms with E-state index in [4.69, 9.17) is 0 Å². The molecule has 1 aliphatic rings. The molecule has 3 N–H and O–H groups in total. The first-order valence-corrected chi connectivity index (χ1v) is 4.52. The minimum absolute atomic E-state index is 0.109. The van der Waals surface area contributed by atoms with Crippen molar-refractivity contribution in [2.45, 2.75) is 0 Å². The Morgan fingerprint density at radius 1 is 1.06 bits per heavy atom. The minimum atomic E-state index is -0.802. The molecule has 1 saturated heterocycles. The highest BCUT2D eigenvalue weighted by molar-refractivity contribution is 6.30. The van der Waals surface area contributed by atoms with Crippen LogP contribution in [-0.4, -0.2) is 17.8 Å². The second kappa shape index (κ2) is 3.93. The van der Waals surface area contributed by atoms with Crippen LogP contribution in [0.1, 0.15) is 5.69 Å². The quantitative estimate of drug-likeness (QED) is 0.480. The Bertz CT molecular complexity index is 471. The number of imide groups is 2. The summed E-state index contributed by atoms with van der Waals surface area (Å²) in [6.07, 6.45) is 3.04. The van der Waals surface area contributed by atoms with Crippen LogP contribution >= 0.6 is 0 Å². The fourth-order valence-corrected chi connectivity index (χ4v) is 1.26. The van der Waals surface area contributed by atoms with E-state index in [0.29, 0.717) is 5.69 Å². The van der Waals surface area contributed by atoms with Gasteiger partial charge in [0.25, 0.3) is 11.8 Å². The monoisotopic (exact) mass is 218 g/mol. The van der Waals surface area contributed by atoms with Gasteiger partial charge in [0.2, 0.25) is 5.69 Å². The lowest BCUT2D eigenvalue weighted by Crippen LogP contribution is -2.51. The van der Waals surface area contributed by atoms with Crippen molar-refractivity contribution in [2.75, 3.05) is 0 Å². The first-order valence-electron chi connectivity index (χ1n) is 4.52. The lowest BCUT2D eigenvalue weighted by atomic mass is 10.1. The molecule has 16 heavy (non-hydrogen) atoms. The van der Waals surface area contributed by atoms with Crippen molar-refractivity contribution in [1.82, 2.24) is 10.6 Å². The van der Waals surface area contributed by atoms with Gasteiger partial charge in [-0.3, -0.25) is 20.2 Å². The number of barbiturate groups is 1. The van der Waals surface area contributed by atoms with Gasteiger partial charge in [0.05, 0.1) is 0 Å². The number of aromatic nitrogens is 1. The molecule has 0 aliphatic carbocycles. The summed E-state index contributed by atoms with van der Waals surface area (Å²) in [4.78, 5) is 36.3. The summed E-state index contributed by atoms with van der Waals surface area (Å²) in [5, 5.41) is 3.98. The third kappa shape index (κ3) is 1.95. The highest BCUT2D eigenvalue weighted by Crippen LogP contribution is 2.04. The maximum atomic E-state index is 11.3. The van der Waals surface area contributed by atoms with Gasteiger partial charge in [0.1, 0.15) is 5.57 Å². The summed E-state index contributed by atoms with van der Waals surface area (Å²) in [7, 11) is 0. The number of H-pyrrole nitrogens is 1. The van der Waals surface area contributed by atoms with Gasteiger partial charge < -0.3 is 0 Å². The van der Waals surface area contributed by atoms with Gasteiger partial charge in [-0.15, -0.1) is 0 Å². The lowest BCUT2D eigenvalue weighted by molar-refractivity contribution is -0.380. The zero-order valence-electron chi connectivity index (χ0n) is 8.11. The Morgan fingerprint density at radius 2 is 1.75 bits per heavy atom. The molecule has 1 fully saturated rings. The third-order valence-corrected chi connectivity index (χ3v) is 1.98. The summed E-state index contributed by atoms with van der Waals surface area (Å²) in [6, 6.07) is 4.42. The van der Waals surface area contributed by atoms with Crippen molar-refractivity contribution in [2.24, 2.45) is 0 Å². The number of carbonyl (C=O) groups is 3. The van der Waals surface area contributed by atoms with E-state index in [2.05, 4.69) is 4.98 Å². The van der Waals surface area contributed by atoms with E-state index in [1.807, 2.05) is 10.6 Å². The SMILES string of the molecule is O=C1NC(=O)C(=Cc2cccc[nH+]2)C(=O)N1. The van der Waals surface area contributed by atoms with Crippen LogP contribution in [0.15, 0.2) is 30.0 Å². The molecule has 80 valence electrons. The van der Waals surface area contributed by atoms with E-state index in [0.717, 1.165) is 0 Å². The van der Waals surface area contributed by atoms with Crippen molar-refractivity contribution in [3.05, 3.63) is 35.7 Å². The van der Waals surface area contributed by atoms with Gasteiger partial charge in [0.15, 0.2) is 6.20 Å². The Labute approximate surface area is 90.4 Å². The van der Waals surface area contributed by atoms with Crippen molar-refractivity contribution in [1.29, 1.82) is 0 Å². The van der Waals surface area contributed by atoms with E-state index in [-0.39, 0.29) is 5.57 Å². The zero-order chi connectivity index (χ0) is 11.5. The second-order valence-electron chi connectivity index (χ2n) is 3.11. The lowest BCUT2D eigenvalue weighted by Gasteiger charge is -2.12. The number of amides is 4. The fraction of sp³-hybridized carbons (Fsp3) is 0. The van der Waals surface area contributed by atoms with Crippen LogP contribution in [0, 0.1) is 0 Å². The molecule has 0 aromatic carbocycles. The molecule has 2 heterocycles. The number of aromatic amines is 1. The summed E-state index contributed by atoms with van der Waals surface area (Å²) in [6.45, 7) is 0. The fourth-order valence-electron chi connectivity index (χ4n) is 1.26. The average Bonchev–Trinajstić information content (AvgIpc) is 2.25. The molecule has 4 amide bonds. The third-order valence-electron chi connectivity index (χ3n) is 1.98. The minimum Gasteiger partial charge on any atom is -0.273 e. The van der Waals surface area contributed by atoms with Gasteiger partial charge in [-0.05, 0) is 6.07 Å². The molecule has 2 rings (SSSR count). The van der Waals surface area contributed by atoms with E-state index in [9.17, 15) is 14.4 Å². The smallest absolute Gasteiger partial charge is 0.273 e. The van der Waals surface area contributed by atoms with E-state index >= 15 is 0 Å². The van der Waals surface area contributed by atoms with Crippen molar-refractivity contribution >= 4 is 23.9 Å². The maximum Gasteiger partial charge on any atom is 0.328 e. The molecule has 1 aromatic heterocycles. The number of carbonyl (C=O) groups excluding carboxylic acids is 3. The maximum absolute atomic E-state index is 11.3. The van der Waals surface area contributed by atoms with Gasteiger partial charge in [0, 0.05) is 18.2 Å². The van der Waals surface area contributed by atoms with E-state index in [1.54, 1.807) is 24.4 Å². The summed E-state index contributed by atoms with van der Waals surface area (Å²) < 4.78 is 0. The summed E-state index contributed by atoms with van der Waals surface area (Å²) in [5.41, 5.74) is 0.485. The Morgan fingerprint density at radius 3 is 2.31 bits per heavy atom. The van der Waals surface area contributed by atoms with Crippen LogP contribution in [-0.2, 0) is 9.59 Å². The van der Waals surface area contributed by atoms with Crippen LogP contribution < -0.4 is 15.6 Å². The molecule has 0 radical (unpaired) electrons. The Balaban J connectivity index is 2.33. The molecule has 0 atom stereocenters. The summed E-state index contributed by atoms with van der Waals surface area (Å²) in [5.74, 6) is -1.41. The molecular weight excluding hydrogens is 210 g/mol. The molecular formula is C10H8N3O3+. The van der Waals surface area contributed by atoms with Crippen molar-refractivity contribution in [3.8, 4) is 0 Å². The van der Waals surface area contributed by atoms with E-state index < -0.39 is 17.8 Å². The molecule has 0 saturated carbocycles. The number of pyridine rings is 1. The topological polar surface area (TPSA) is 89.4 Å². The van der Waals surface area contributed by atoms with Gasteiger partial charge in [-0.2, -0.15) is 0 Å². The van der Waals surface area contributed by atoms with Gasteiger partial charge in [-0.1, -0.05) is 0 Å². The Hall–Kier alpha value is -2.50. The van der Waals surface area contributed by atoms with Gasteiger partial charge >= 0.3 is 6.03 Å². The molecule has 0 unspecified atom stereocenters. The molecule has 0 spiro atoms. The molecule has 0 bridgehead atoms. The number of hydrogen-bond donors (Lipinski definition) is 2. The van der Waals surface area contributed by atoms with Crippen LogP contribution in [0.2, 0.25) is 0 Å². The number of nitrogens with one attached hydrogen (secondary N) is 3. The largest absolute Gasteiger partial charge is 0.328 e. The predicted octanol–water partition coefficient (Wildman–Crippen LogP) is -0.750. The van der Waals surface area contributed by atoms with Crippen LogP contribution in [0.3, 0.4) is 0 Å². The van der Waals surface area contributed by atoms with Crippen molar-refractivity contribution in [3.63, 3.8) is 0 Å². The molecule has 6 nitrogen and oxygen atoms in total. The second-order valence-corrected chi connectivity index (χ2v) is 3.11. The van der Waals surface area contributed by atoms with Crippen LogP contribution in [0.25, 0.3) is 6.08 Å². The first kappa shape index (κ1) is 10.0. The molecule has 6 heteroatoms. The normalized spacial score (nSPS) is 15.5. The molecule has 1 aliphatic heterocycles. The highest BCUT2D eigenvalue weighted by atomic mass is 16.2.